The first-order chi connectivity index (χ1) is 15.7. The lowest BCUT2D eigenvalue weighted by Crippen LogP contribution is -2.26. The molecule has 3 aromatic rings. The van der Waals surface area contributed by atoms with E-state index in [0.717, 1.165) is 6.07 Å². The van der Waals surface area contributed by atoms with E-state index >= 15 is 0 Å². The number of hydrogen-bond donors (Lipinski definition) is 1. The van der Waals surface area contributed by atoms with Crippen molar-refractivity contribution in [3.05, 3.63) is 58.9 Å². The number of carbonyl (C=O) groups excluding carboxylic acids is 1. The van der Waals surface area contributed by atoms with Crippen LogP contribution in [0.5, 0.6) is 0 Å². The molecular formula is C21H19F6N5O. The third-order valence-corrected chi connectivity index (χ3v) is 6.07. The molecule has 0 saturated heterocycles. The molecule has 1 aliphatic carbocycles. The van der Waals surface area contributed by atoms with Gasteiger partial charge in [-0.15, -0.1) is 0 Å². The fraction of sp³-hybridized carbons (Fsp3) is 0.429. The second kappa shape index (κ2) is 8.99. The zero-order chi connectivity index (χ0) is 23.8. The molecule has 1 fully saturated rings. The summed E-state index contributed by atoms with van der Waals surface area (Å²) in [6.45, 7) is 0. The molecule has 0 radical (unpaired) electrons. The summed E-state index contributed by atoms with van der Waals surface area (Å²) >= 11 is 0. The molecule has 0 bridgehead atoms. The van der Waals surface area contributed by atoms with Gasteiger partial charge in [0.15, 0.2) is 0 Å². The van der Waals surface area contributed by atoms with Crippen molar-refractivity contribution in [2.24, 2.45) is 0 Å². The van der Waals surface area contributed by atoms with Crippen LogP contribution in [-0.4, -0.2) is 32.0 Å². The van der Waals surface area contributed by atoms with Crippen molar-refractivity contribution in [1.82, 2.24) is 24.9 Å². The number of nitrogens with one attached hydrogen (secondary N) is 1. The lowest BCUT2D eigenvalue weighted by atomic mass is 9.80. The second-order valence-corrected chi connectivity index (χ2v) is 7.96. The highest BCUT2D eigenvalue weighted by Crippen LogP contribution is 2.44. The topological polar surface area (TPSA) is 72.2 Å². The maximum Gasteiger partial charge on any atom is 0.419 e. The second-order valence-electron chi connectivity index (χ2n) is 7.96. The van der Waals surface area contributed by atoms with E-state index in [9.17, 15) is 31.1 Å². The maximum atomic E-state index is 14.4. The molecule has 6 nitrogen and oxygen atoms in total. The summed E-state index contributed by atoms with van der Waals surface area (Å²) in [4.78, 5) is 18.6. The molecule has 0 spiro atoms. The molecule has 2 unspecified atom stereocenters. The number of aromatic nitrogens is 4. The normalized spacial score (nSPS) is 21.8. The Balaban J connectivity index is 1.82. The number of carbonyl (C=O) groups is 1. The molecule has 12 heteroatoms. The Morgan fingerprint density at radius 1 is 1.09 bits per heavy atom. The molecular weight excluding hydrogens is 452 g/mol. The minimum absolute atomic E-state index is 0.0352. The van der Waals surface area contributed by atoms with Crippen LogP contribution in [0.1, 0.15) is 66.5 Å². The molecule has 1 amide bonds. The van der Waals surface area contributed by atoms with Crippen molar-refractivity contribution in [3.8, 4) is 0 Å². The summed E-state index contributed by atoms with van der Waals surface area (Å²) in [5, 5.41) is 6.78. The van der Waals surface area contributed by atoms with Gasteiger partial charge in [-0.05, 0) is 55.4 Å². The van der Waals surface area contributed by atoms with E-state index in [2.05, 4.69) is 20.4 Å². The van der Waals surface area contributed by atoms with Gasteiger partial charge in [0.25, 0.3) is 12.2 Å². The van der Waals surface area contributed by atoms with Crippen LogP contribution in [-0.2, 0) is 11.0 Å². The lowest BCUT2D eigenvalue weighted by molar-refractivity contribution is -0.140. The van der Waals surface area contributed by atoms with Crippen LogP contribution >= 0.6 is 0 Å². The van der Waals surface area contributed by atoms with E-state index in [1.165, 1.54) is 23.0 Å². The number of fused-ring (bicyclic) bond motifs is 1. The average Bonchev–Trinajstić information content (AvgIpc) is 3.13. The molecule has 1 N–H and O–H groups in total. The van der Waals surface area contributed by atoms with Crippen molar-refractivity contribution in [1.29, 1.82) is 0 Å². The number of amides is 1. The summed E-state index contributed by atoms with van der Waals surface area (Å²) in [5.74, 6) is -2.46. The summed E-state index contributed by atoms with van der Waals surface area (Å²) in [6.07, 6.45) is -4.24. The fourth-order valence-electron chi connectivity index (χ4n) is 4.55. The number of benzene rings is 1. The van der Waals surface area contributed by atoms with E-state index in [1.54, 1.807) is 0 Å². The number of rotatable bonds is 5. The van der Waals surface area contributed by atoms with Crippen LogP contribution in [0.3, 0.4) is 0 Å². The first-order valence-corrected chi connectivity index (χ1v) is 10.2. The van der Waals surface area contributed by atoms with Gasteiger partial charge >= 0.3 is 6.18 Å². The van der Waals surface area contributed by atoms with Gasteiger partial charge < -0.3 is 5.32 Å². The van der Waals surface area contributed by atoms with Crippen molar-refractivity contribution >= 4 is 12.2 Å². The monoisotopic (exact) mass is 471 g/mol. The lowest BCUT2D eigenvalue weighted by Gasteiger charge is -2.27. The Kier molecular flexibility index (Phi) is 6.26. The van der Waals surface area contributed by atoms with Crippen LogP contribution in [0.15, 0.2) is 30.6 Å². The minimum atomic E-state index is -4.84. The highest BCUT2D eigenvalue weighted by molar-refractivity contribution is 5.46. The Hall–Kier alpha value is -3.18. The molecule has 0 aliphatic heterocycles. The molecule has 1 aliphatic rings. The Bertz CT molecular complexity index is 1150. The molecule has 1 saturated carbocycles. The molecule has 33 heavy (non-hydrogen) atoms. The van der Waals surface area contributed by atoms with Crippen molar-refractivity contribution in [3.63, 3.8) is 0 Å². The number of alkyl halides is 5. The molecule has 2 aromatic heterocycles. The van der Waals surface area contributed by atoms with Gasteiger partial charge in [-0.3, -0.25) is 4.79 Å². The highest BCUT2D eigenvalue weighted by Gasteiger charge is 2.36. The third-order valence-electron chi connectivity index (χ3n) is 6.07. The predicted molar refractivity (Wildman–Crippen MR) is 104 cm³/mol. The molecule has 4 rings (SSSR count). The third kappa shape index (κ3) is 4.64. The van der Waals surface area contributed by atoms with Crippen LogP contribution < -0.4 is 5.32 Å². The molecule has 2 heterocycles. The maximum absolute atomic E-state index is 14.4. The van der Waals surface area contributed by atoms with Crippen LogP contribution in [0.4, 0.5) is 26.3 Å². The van der Waals surface area contributed by atoms with Crippen molar-refractivity contribution in [2.45, 2.75) is 56.2 Å². The molecule has 1 aromatic carbocycles. The van der Waals surface area contributed by atoms with E-state index < -0.39 is 41.5 Å². The van der Waals surface area contributed by atoms with E-state index in [4.69, 9.17) is 0 Å². The van der Waals surface area contributed by atoms with Gasteiger partial charge in [0.05, 0.1) is 11.3 Å². The quantitative estimate of drug-likeness (QED) is 0.331. The highest BCUT2D eigenvalue weighted by atomic mass is 19.4. The summed E-state index contributed by atoms with van der Waals surface area (Å²) in [6, 6.07) is 3.75. The zero-order valence-electron chi connectivity index (χ0n) is 17.1. The van der Waals surface area contributed by atoms with Gasteiger partial charge in [0.1, 0.15) is 17.8 Å². The summed E-state index contributed by atoms with van der Waals surface area (Å²) < 4.78 is 81.8. The van der Waals surface area contributed by atoms with Gasteiger partial charge in [-0.25, -0.2) is 22.7 Å². The standard InChI is InChI=1S/C21H19F6N5O/c22-16-7-11(1-6-15(16)21(25,26)27)13-4-2-12(29-10-33)3-5-14(13)18-8-17(19(23)24)31-20-28-9-30-32(18)20/h1,6-10,12-14,19H,2-5H2,(H,29,33)/t12-,13?,14?/m0/s1. The smallest absolute Gasteiger partial charge is 0.356 e. The van der Waals surface area contributed by atoms with Crippen molar-refractivity contribution < 1.29 is 31.1 Å². The van der Waals surface area contributed by atoms with Crippen LogP contribution in [0, 0.1) is 5.82 Å². The molecule has 3 atom stereocenters. The first-order valence-electron chi connectivity index (χ1n) is 10.2. The van der Waals surface area contributed by atoms with E-state index in [-0.39, 0.29) is 11.8 Å². The number of nitrogens with zero attached hydrogens (tertiary/aromatic N) is 4. The predicted octanol–water partition coefficient (Wildman–Crippen LogP) is 4.78. The van der Waals surface area contributed by atoms with Crippen LogP contribution in [0.25, 0.3) is 5.78 Å². The number of halogens is 6. The molecule has 176 valence electrons. The first kappa shape index (κ1) is 23.0. The van der Waals surface area contributed by atoms with Crippen molar-refractivity contribution in [2.75, 3.05) is 0 Å². The zero-order valence-corrected chi connectivity index (χ0v) is 17.1. The Morgan fingerprint density at radius 3 is 2.45 bits per heavy atom. The summed E-state index contributed by atoms with van der Waals surface area (Å²) in [7, 11) is 0. The largest absolute Gasteiger partial charge is 0.419 e. The van der Waals surface area contributed by atoms with Gasteiger partial charge in [-0.2, -0.15) is 23.3 Å². The SMILES string of the molecule is O=CN[C@H]1CCC(c2ccc(C(F)(F)F)c(F)c2)C(c2cc(C(F)F)nc3ncnn23)CC1. The van der Waals surface area contributed by atoms with E-state index in [1.807, 2.05) is 0 Å². The fourth-order valence-corrected chi connectivity index (χ4v) is 4.55. The van der Waals surface area contributed by atoms with Gasteiger partial charge in [0.2, 0.25) is 6.41 Å². The van der Waals surface area contributed by atoms with Gasteiger partial charge in [0, 0.05) is 12.0 Å². The average molecular weight is 471 g/mol. The summed E-state index contributed by atoms with van der Waals surface area (Å²) in [5.41, 5.74) is -1.22. The van der Waals surface area contributed by atoms with E-state index in [0.29, 0.717) is 49.4 Å². The number of hydrogen-bond acceptors (Lipinski definition) is 4. The minimum Gasteiger partial charge on any atom is -0.356 e. The Labute approximate surface area is 184 Å². The van der Waals surface area contributed by atoms with Gasteiger partial charge in [-0.1, -0.05) is 6.07 Å². The van der Waals surface area contributed by atoms with Crippen LogP contribution in [0.2, 0.25) is 0 Å². The Morgan fingerprint density at radius 2 is 1.82 bits per heavy atom.